The summed E-state index contributed by atoms with van der Waals surface area (Å²) in [5.74, 6) is 0.487. The van der Waals surface area contributed by atoms with Gasteiger partial charge in [-0.05, 0) is 55.7 Å². The second-order valence-electron chi connectivity index (χ2n) is 6.62. The molecule has 128 valence electrons. The van der Waals surface area contributed by atoms with Gasteiger partial charge in [0.25, 0.3) is 6.01 Å². The molecule has 0 saturated carbocycles. The van der Waals surface area contributed by atoms with Crippen molar-refractivity contribution in [2.75, 3.05) is 11.9 Å². The number of nitrogens with zero attached hydrogens (tertiary/aromatic N) is 3. The molecule has 0 aliphatic heterocycles. The number of oxazole rings is 1. The molecule has 3 aromatic heterocycles. The van der Waals surface area contributed by atoms with Crippen molar-refractivity contribution in [3.63, 3.8) is 0 Å². The summed E-state index contributed by atoms with van der Waals surface area (Å²) in [6, 6.07) is 10.9. The van der Waals surface area contributed by atoms with Crippen molar-refractivity contribution >= 4 is 22.8 Å². The third kappa shape index (κ3) is 2.65. The third-order valence-corrected chi connectivity index (χ3v) is 4.54. The minimum Gasteiger partial charge on any atom is -0.424 e. The fraction of sp³-hybridized carbons (Fsp3) is 0.300. The lowest BCUT2D eigenvalue weighted by Gasteiger charge is -2.05. The lowest BCUT2D eigenvalue weighted by Crippen LogP contribution is -1.95. The zero-order chi connectivity index (χ0) is 17.6. The number of fused-ring (bicyclic) bond motifs is 2. The Morgan fingerprint density at radius 3 is 2.76 bits per heavy atom. The minimum absolute atomic E-state index is 0.487. The van der Waals surface area contributed by atoms with Crippen LogP contribution >= 0.6 is 0 Å². The highest BCUT2D eigenvalue weighted by Crippen LogP contribution is 2.29. The highest BCUT2D eigenvalue weighted by atomic mass is 16.4. The summed E-state index contributed by atoms with van der Waals surface area (Å²) in [5, 5.41) is 3.11. The van der Waals surface area contributed by atoms with Gasteiger partial charge in [-0.2, -0.15) is 4.98 Å². The molecule has 5 heteroatoms. The number of imidazole rings is 1. The largest absolute Gasteiger partial charge is 0.424 e. The molecule has 1 aromatic carbocycles. The first-order valence-electron chi connectivity index (χ1n) is 8.70. The molecule has 3 heterocycles. The van der Waals surface area contributed by atoms with E-state index in [1.54, 1.807) is 0 Å². The van der Waals surface area contributed by atoms with E-state index in [9.17, 15) is 0 Å². The van der Waals surface area contributed by atoms with Gasteiger partial charge in [0.1, 0.15) is 11.2 Å². The molecule has 0 amide bonds. The van der Waals surface area contributed by atoms with E-state index >= 15 is 0 Å². The van der Waals surface area contributed by atoms with Crippen LogP contribution in [0.4, 0.5) is 6.01 Å². The standard InChI is InChI=1S/C20H22N4O/c1-5-21-20-22-16-10-15(6-7-17(16)25-20)19-13(4)24-9-8-14(12(2)3)11-18(24)23-19/h6-12H,5H2,1-4H3,(H,21,22). The summed E-state index contributed by atoms with van der Waals surface area (Å²) in [6.45, 7) is 9.29. The number of hydrogen-bond acceptors (Lipinski definition) is 4. The number of benzene rings is 1. The zero-order valence-corrected chi connectivity index (χ0v) is 15.0. The van der Waals surface area contributed by atoms with Gasteiger partial charge in [0, 0.05) is 24.0 Å². The van der Waals surface area contributed by atoms with Crippen molar-refractivity contribution in [2.24, 2.45) is 0 Å². The summed E-state index contributed by atoms with van der Waals surface area (Å²) in [5.41, 5.74) is 7.06. The van der Waals surface area contributed by atoms with Gasteiger partial charge in [0.05, 0.1) is 5.69 Å². The highest BCUT2D eigenvalue weighted by molar-refractivity contribution is 5.81. The van der Waals surface area contributed by atoms with Crippen molar-refractivity contribution in [3.05, 3.63) is 47.8 Å². The molecule has 0 saturated heterocycles. The monoisotopic (exact) mass is 334 g/mol. The maximum absolute atomic E-state index is 5.68. The zero-order valence-electron chi connectivity index (χ0n) is 15.0. The highest BCUT2D eigenvalue weighted by Gasteiger charge is 2.14. The third-order valence-electron chi connectivity index (χ3n) is 4.54. The Bertz CT molecular complexity index is 1060. The maximum atomic E-state index is 5.68. The van der Waals surface area contributed by atoms with Crippen molar-refractivity contribution < 1.29 is 4.42 Å². The van der Waals surface area contributed by atoms with Gasteiger partial charge in [-0.25, -0.2) is 4.98 Å². The van der Waals surface area contributed by atoms with Gasteiger partial charge in [-0.1, -0.05) is 13.8 Å². The van der Waals surface area contributed by atoms with Crippen LogP contribution in [0.25, 0.3) is 28.0 Å². The maximum Gasteiger partial charge on any atom is 0.295 e. The first kappa shape index (κ1) is 15.7. The molecule has 0 unspecified atom stereocenters. The number of pyridine rings is 1. The Balaban J connectivity index is 1.82. The fourth-order valence-electron chi connectivity index (χ4n) is 3.12. The predicted molar refractivity (Wildman–Crippen MR) is 101 cm³/mol. The van der Waals surface area contributed by atoms with Crippen molar-refractivity contribution in [1.29, 1.82) is 0 Å². The summed E-state index contributed by atoms with van der Waals surface area (Å²) in [4.78, 5) is 9.36. The van der Waals surface area contributed by atoms with Crippen LogP contribution in [0, 0.1) is 6.92 Å². The Labute approximate surface area is 146 Å². The normalized spacial score (nSPS) is 11.7. The van der Waals surface area contributed by atoms with E-state index in [0.29, 0.717) is 11.9 Å². The van der Waals surface area contributed by atoms with Crippen LogP contribution < -0.4 is 5.32 Å². The Hall–Kier alpha value is -2.82. The number of aryl methyl sites for hydroxylation is 1. The molecule has 5 nitrogen and oxygen atoms in total. The van der Waals surface area contributed by atoms with Crippen LogP contribution in [-0.4, -0.2) is 20.9 Å². The Morgan fingerprint density at radius 1 is 1.16 bits per heavy atom. The molecule has 0 aliphatic rings. The molecular formula is C20H22N4O. The van der Waals surface area contributed by atoms with Gasteiger partial charge in [-0.3, -0.25) is 0 Å². The second-order valence-corrected chi connectivity index (χ2v) is 6.62. The predicted octanol–water partition coefficient (Wildman–Crippen LogP) is 5.01. The molecule has 0 radical (unpaired) electrons. The first-order chi connectivity index (χ1) is 12.1. The molecule has 0 fully saturated rings. The molecule has 0 spiro atoms. The Morgan fingerprint density at radius 2 is 2.00 bits per heavy atom. The number of anilines is 1. The van der Waals surface area contributed by atoms with Crippen molar-refractivity contribution in [1.82, 2.24) is 14.4 Å². The average Bonchev–Trinajstić information content (AvgIpc) is 3.14. The van der Waals surface area contributed by atoms with Crippen LogP contribution in [0.3, 0.4) is 0 Å². The van der Waals surface area contributed by atoms with E-state index in [0.717, 1.165) is 40.2 Å². The van der Waals surface area contributed by atoms with Crippen molar-refractivity contribution in [2.45, 2.75) is 33.6 Å². The van der Waals surface area contributed by atoms with E-state index in [-0.39, 0.29) is 0 Å². The lowest BCUT2D eigenvalue weighted by atomic mass is 10.1. The number of hydrogen-bond donors (Lipinski definition) is 1. The molecule has 4 rings (SSSR count). The first-order valence-corrected chi connectivity index (χ1v) is 8.70. The number of nitrogens with one attached hydrogen (secondary N) is 1. The summed E-state index contributed by atoms with van der Waals surface area (Å²) >= 11 is 0. The smallest absolute Gasteiger partial charge is 0.295 e. The van der Waals surface area contributed by atoms with Crippen LogP contribution in [0.5, 0.6) is 0 Å². The second kappa shape index (κ2) is 5.92. The Kier molecular flexibility index (Phi) is 3.71. The molecule has 0 bridgehead atoms. The SMILES string of the molecule is CCNc1nc2cc(-c3nc4cc(C(C)C)ccn4c3C)ccc2o1. The van der Waals surface area contributed by atoms with Gasteiger partial charge < -0.3 is 14.1 Å². The molecule has 1 N–H and O–H groups in total. The number of aromatic nitrogens is 3. The van der Waals surface area contributed by atoms with Gasteiger partial charge >= 0.3 is 0 Å². The molecule has 0 aliphatic carbocycles. The quantitative estimate of drug-likeness (QED) is 0.570. The van der Waals surface area contributed by atoms with Gasteiger partial charge in [0.2, 0.25) is 0 Å². The molecule has 4 aromatic rings. The van der Waals surface area contributed by atoms with Crippen LogP contribution in [0.1, 0.15) is 37.9 Å². The minimum atomic E-state index is 0.487. The number of rotatable bonds is 4. The molecule has 0 atom stereocenters. The van der Waals surface area contributed by atoms with Crippen LogP contribution in [0.2, 0.25) is 0 Å². The molecule has 25 heavy (non-hydrogen) atoms. The fourth-order valence-corrected chi connectivity index (χ4v) is 3.12. The van der Waals surface area contributed by atoms with Gasteiger partial charge in [0.15, 0.2) is 5.58 Å². The van der Waals surface area contributed by atoms with Crippen molar-refractivity contribution in [3.8, 4) is 11.3 Å². The lowest BCUT2D eigenvalue weighted by molar-refractivity contribution is 0.616. The van der Waals surface area contributed by atoms with E-state index < -0.39 is 0 Å². The van der Waals surface area contributed by atoms with E-state index in [4.69, 9.17) is 9.40 Å². The molecular weight excluding hydrogens is 312 g/mol. The van der Waals surface area contributed by atoms with Gasteiger partial charge in [-0.15, -0.1) is 0 Å². The van der Waals surface area contributed by atoms with Crippen LogP contribution in [0.15, 0.2) is 40.9 Å². The summed E-state index contributed by atoms with van der Waals surface area (Å²) < 4.78 is 7.82. The summed E-state index contributed by atoms with van der Waals surface area (Å²) in [7, 11) is 0. The van der Waals surface area contributed by atoms with E-state index in [2.05, 4.69) is 53.8 Å². The topological polar surface area (TPSA) is 55.4 Å². The average molecular weight is 334 g/mol. The van der Waals surface area contributed by atoms with E-state index in [1.165, 1.54) is 5.56 Å². The van der Waals surface area contributed by atoms with Crippen LogP contribution in [-0.2, 0) is 0 Å². The summed E-state index contributed by atoms with van der Waals surface area (Å²) in [6.07, 6.45) is 2.11. The van der Waals surface area contributed by atoms with E-state index in [1.807, 2.05) is 25.1 Å².